The van der Waals surface area contributed by atoms with Crippen LogP contribution in [0.2, 0.25) is 0 Å². The summed E-state index contributed by atoms with van der Waals surface area (Å²) in [6.45, 7) is 5.32. The minimum absolute atomic E-state index is 0.0160. The van der Waals surface area contributed by atoms with E-state index in [1.165, 1.54) is 18.3 Å². The minimum Gasteiger partial charge on any atom is -0.481 e. The fraction of sp³-hybridized carbons (Fsp3) is 0.458. The van der Waals surface area contributed by atoms with Crippen molar-refractivity contribution in [1.82, 2.24) is 9.80 Å². The standard InChI is InChI=1S/C24H28N2O4S/c1-16(27)22-13-19(15-31-22)24(29)25-12-10-21-18(14-25)7-6-11-26(21)23(28)17(2)30-20-8-4-3-5-9-20/h3-5,8-9,13,15,17-18,21H,6-7,10-12,14H2,1-2H3/t17-,18-,21+/m1/s1. The number of para-hydroxylation sites is 1. The summed E-state index contributed by atoms with van der Waals surface area (Å²) in [5, 5.41) is 1.77. The van der Waals surface area contributed by atoms with E-state index in [0.29, 0.717) is 29.3 Å². The van der Waals surface area contributed by atoms with E-state index < -0.39 is 6.10 Å². The van der Waals surface area contributed by atoms with Crippen molar-refractivity contribution in [2.24, 2.45) is 5.92 Å². The molecule has 1 aromatic heterocycles. The second-order valence-electron chi connectivity index (χ2n) is 8.37. The first-order valence-electron chi connectivity index (χ1n) is 10.8. The number of fused-ring (bicyclic) bond motifs is 1. The second-order valence-corrected chi connectivity index (χ2v) is 9.28. The Morgan fingerprint density at radius 3 is 2.61 bits per heavy atom. The smallest absolute Gasteiger partial charge is 0.263 e. The number of ketones is 1. The second kappa shape index (κ2) is 9.22. The average Bonchev–Trinajstić information content (AvgIpc) is 3.28. The van der Waals surface area contributed by atoms with Gasteiger partial charge in [0.25, 0.3) is 11.8 Å². The maximum Gasteiger partial charge on any atom is 0.263 e. The minimum atomic E-state index is -0.545. The molecule has 3 atom stereocenters. The van der Waals surface area contributed by atoms with Gasteiger partial charge in [0, 0.05) is 31.1 Å². The lowest BCUT2D eigenvalue weighted by Gasteiger charge is -2.47. The van der Waals surface area contributed by atoms with E-state index in [0.717, 1.165) is 25.8 Å². The molecular weight excluding hydrogens is 412 g/mol. The van der Waals surface area contributed by atoms with Crippen LogP contribution in [0.5, 0.6) is 5.75 Å². The molecule has 1 aromatic carbocycles. The average molecular weight is 441 g/mol. The van der Waals surface area contributed by atoms with Crippen molar-refractivity contribution >= 4 is 28.9 Å². The van der Waals surface area contributed by atoms with Gasteiger partial charge in [-0.05, 0) is 57.2 Å². The van der Waals surface area contributed by atoms with Crippen LogP contribution in [-0.2, 0) is 4.79 Å². The molecule has 164 valence electrons. The van der Waals surface area contributed by atoms with E-state index in [4.69, 9.17) is 4.74 Å². The molecule has 7 heteroatoms. The first-order chi connectivity index (χ1) is 14.9. The van der Waals surface area contributed by atoms with Crippen LogP contribution in [0.25, 0.3) is 0 Å². The molecule has 0 aliphatic carbocycles. The fourth-order valence-electron chi connectivity index (χ4n) is 4.66. The van der Waals surface area contributed by atoms with Crippen molar-refractivity contribution in [1.29, 1.82) is 0 Å². The maximum atomic E-state index is 13.2. The number of ether oxygens (including phenoxy) is 1. The summed E-state index contributed by atoms with van der Waals surface area (Å²) in [5.74, 6) is 0.938. The monoisotopic (exact) mass is 440 g/mol. The summed E-state index contributed by atoms with van der Waals surface area (Å²) in [7, 11) is 0. The van der Waals surface area contributed by atoms with Crippen LogP contribution in [0.4, 0.5) is 0 Å². The first kappa shape index (κ1) is 21.6. The molecule has 2 aliphatic rings. The van der Waals surface area contributed by atoms with Gasteiger partial charge in [0.1, 0.15) is 5.75 Å². The van der Waals surface area contributed by atoms with E-state index in [-0.39, 0.29) is 29.6 Å². The highest BCUT2D eigenvalue weighted by Gasteiger charge is 2.40. The number of Topliss-reactive ketones (excluding diaryl/α,β-unsaturated/α-hetero) is 1. The van der Waals surface area contributed by atoms with Crippen LogP contribution in [0.1, 0.15) is 53.1 Å². The summed E-state index contributed by atoms with van der Waals surface area (Å²) in [4.78, 5) is 42.1. The predicted molar refractivity (Wildman–Crippen MR) is 120 cm³/mol. The predicted octanol–water partition coefficient (Wildman–Crippen LogP) is 3.87. The van der Waals surface area contributed by atoms with Crippen molar-refractivity contribution in [3.63, 3.8) is 0 Å². The van der Waals surface area contributed by atoms with Crippen molar-refractivity contribution < 1.29 is 19.1 Å². The van der Waals surface area contributed by atoms with Gasteiger partial charge in [-0.15, -0.1) is 11.3 Å². The number of hydrogen-bond donors (Lipinski definition) is 0. The van der Waals surface area contributed by atoms with E-state index in [9.17, 15) is 14.4 Å². The summed E-state index contributed by atoms with van der Waals surface area (Å²) < 4.78 is 5.87. The van der Waals surface area contributed by atoms with Gasteiger partial charge in [-0.25, -0.2) is 0 Å². The van der Waals surface area contributed by atoms with Crippen LogP contribution >= 0.6 is 11.3 Å². The highest BCUT2D eigenvalue weighted by Crippen LogP contribution is 2.32. The molecule has 0 N–H and O–H groups in total. The summed E-state index contributed by atoms with van der Waals surface area (Å²) in [6, 6.07) is 11.2. The summed E-state index contributed by atoms with van der Waals surface area (Å²) >= 11 is 1.32. The Morgan fingerprint density at radius 1 is 1.13 bits per heavy atom. The van der Waals surface area contributed by atoms with Crippen molar-refractivity contribution in [2.45, 2.75) is 45.3 Å². The number of likely N-dealkylation sites (tertiary alicyclic amines) is 2. The molecule has 2 saturated heterocycles. The molecule has 0 bridgehead atoms. The Morgan fingerprint density at radius 2 is 1.90 bits per heavy atom. The Hall–Kier alpha value is -2.67. The zero-order chi connectivity index (χ0) is 22.0. The molecule has 4 rings (SSSR count). The van der Waals surface area contributed by atoms with Crippen LogP contribution in [0.15, 0.2) is 41.8 Å². The van der Waals surface area contributed by atoms with Crippen LogP contribution in [0, 0.1) is 5.92 Å². The molecule has 2 aliphatic heterocycles. The van der Waals surface area contributed by atoms with E-state index in [1.54, 1.807) is 18.4 Å². The summed E-state index contributed by atoms with van der Waals surface area (Å²) in [6.07, 6.45) is 2.16. The first-order valence-corrected chi connectivity index (χ1v) is 11.7. The van der Waals surface area contributed by atoms with E-state index in [1.807, 2.05) is 40.1 Å². The third-order valence-electron chi connectivity index (χ3n) is 6.24. The highest BCUT2D eigenvalue weighted by molar-refractivity contribution is 7.12. The molecule has 0 radical (unpaired) electrons. The van der Waals surface area contributed by atoms with Crippen LogP contribution in [-0.4, -0.2) is 59.2 Å². The Balaban J connectivity index is 1.40. The zero-order valence-corrected chi connectivity index (χ0v) is 18.8. The number of thiophene rings is 1. The number of carbonyl (C=O) groups is 3. The van der Waals surface area contributed by atoms with Gasteiger partial charge in [0.15, 0.2) is 11.9 Å². The molecule has 2 fully saturated rings. The molecule has 2 aromatic rings. The van der Waals surface area contributed by atoms with Gasteiger partial charge >= 0.3 is 0 Å². The molecule has 0 unspecified atom stereocenters. The lowest BCUT2D eigenvalue weighted by molar-refractivity contribution is -0.144. The topological polar surface area (TPSA) is 66.9 Å². The van der Waals surface area contributed by atoms with Gasteiger partial charge in [-0.3, -0.25) is 14.4 Å². The SMILES string of the molecule is CC(=O)c1cc(C(=O)N2CC[C@H]3[C@H](CCCN3C(=O)[C@@H](C)Oc3ccccc3)C2)cs1. The lowest BCUT2D eigenvalue weighted by Crippen LogP contribution is -2.58. The number of nitrogens with zero attached hydrogens (tertiary/aromatic N) is 2. The number of benzene rings is 1. The number of carbonyl (C=O) groups excluding carboxylic acids is 3. The van der Waals surface area contributed by atoms with Gasteiger partial charge in [0.2, 0.25) is 0 Å². The molecule has 31 heavy (non-hydrogen) atoms. The Bertz CT molecular complexity index is 957. The quantitative estimate of drug-likeness (QED) is 0.662. The Labute approximate surface area is 186 Å². The molecule has 2 amide bonds. The number of rotatable bonds is 5. The number of piperidine rings is 2. The van der Waals surface area contributed by atoms with Crippen molar-refractivity contribution in [2.75, 3.05) is 19.6 Å². The van der Waals surface area contributed by atoms with E-state index >= 15 is 0 Å². The van der Waals surface area contributed by atoms with Gasteiger partial charge in [0.05, 0.1) is 10.4 Å². The molecule has 6 nitrogen and oxygen atoms in total. The molecule has 0 saturated carbocycles. The third kappa shape index (κ3) is 4.66. The van der Waals surface area contributed by atoms with Crippen molar-refractivity contribution in [3.05, 3.63) is 52.2 Å². The summed E-state index contributed by atoms with van der Waals surface area (Å²) in [5.41, 5.74) is 0.585. The van der Waals surface area contributed by atoms with E-state index in [2.05, 4.69) is 0 Å². The Kier molecular flexibility index (Phi) is 6.41. The maximum absolute atomic E-state index is 13.2. The van der Waals surface area contributed by atoms with Gasteiger partial charge in [-0.1, -0.05) is 18.2 Å². The molecule has 3 heterocycles. The van der Waals surface area contributed by atoms with Crippen molar-refractivity contribution in [3.8, 4) is 5.75 Å². The van der Waals surface area contributed by atoms with Crippen LogP contribution < -0.4 is 4.74 Å². The zero-order valence-electron chi connectivity index (χ0n) is 18.0. The van der Waals surface area contributed by atoms with Gasteiger partial charge < -0.3 is 14.5 Å². The highest BCUT2D eigenvalue weighted by atomic mass is 32.1. The van der Waals surface area contributed by atoms with Crippen LogP contribution in [0.3, 0.4) is 0 Å². The largest absolute Gasteiger partial charge is 0.481 e. The fourth-order valence-corrected chi connectivity index (χ4v) is 5.45. The number of amides is 2. The third-order valence-corrected chi connectivity index (χ3v) is 7.27. The molecule has 0 spiro atoms. The normalized spacial score (nSPS) is 21.9. The molecular formula is C24H28N2O4S. The number of hydrogen-bond acceptors (Lipinski definition) is 5. The lowest BCUT2D eigenvalue weighted by atomic mass is 9.83. The van der Waals surface area contributed by atoms with Gasteiger partial charge in [-0.2, -0.15) is 0 Å².